The van der Waals surface area contributed by atoms with Crippen molar-refractivity contribution >= 4 is 28.2 Å². The molecule has 0 aliphatic carbocycles. The van der Waals surface area contributed by atoms with E-state index in [-0.39, 0.29) is 23.8 Å². The summed E-state index contributed by atoms with van der Waals surface area (Å²) >= 11 is 0. The maximum atomic E-state index is 12.5. The summed E-state index contributed by atoms with van der Waals surface area (Å²) in [4.78, 5) is 28.8. The number of nitrogens with one attached hydrogen (secondary N) is 1. The van der Waals surface area contributed by atoms with Gasteiger partial charge in [-0.3, -0.25) is 4.79 Å². The predicted molar refractivity (Wildman–Crippen MR) is 160 cm³/mol. The highest BCUT2D eigenvalue weighted by Gasteiger charge is 2.34. The monoisotopic (exact) mass is 551 g/mol. The molecule has 6 rings (SSSR count). The number of anilines is 2. The minimum atomic E-state index is -0.228. The molecule has 0 bridgehead atoms. The summed E-state index contributed by atoms with van der Waals surface area (Å²) in [6.45, 7) is 11.5. The number of fused-ring (bicyclic) bond motifs is 2. The van der Waals surface area contributed by atoms with Gasteiger partial charge in [0, 0.05) is 54.8 Å². The summed E-state index contributed by atoms with van der Waals surface area (Å²) in [5, 5.41) is 15.4. The van der Waals surface area contributed by atoms with E-state index in [4.69, 9.17) is 14.7 Å². The number of carbonyl (C=O) groups excluding carboxylic acids is 1. The largest absolute Gasteiger partial charge is 0.463 e. The van der Waals surface area contributed by atoms with Gasteiger partial charge in [-0.05, 0) is 36.9 Å². The Bertz CT molecular complexity index is 1490. The van der Waals surface area contributed by atoms with E-state index < -0.39 is 0 Å². The molecule has 212 valence electrons. The number of benzene rings is 2. The Hall–Kier alpha value is -4.16. The van der Waals surface area contributed by atoms with E-state index >= 15 is 0 Å². The molecule has 1 amide bonds. The maximum Gasteiger partial charge on any atom is 0.318 e. The molecule has 0 radical (unpaired) electrons. The van der Waals surface area contributed by atoms with Crippen LogP contribution in [0.1, 0.15) is 31.0 Å². The van der Waals surface area contributed by atoms with E-state index in [0.717, 1.165) is 49.6 Å². The quantitative estimate of drug-likeness (QED) is 0.444. The molecule has 9 nitrogen and oxygen atoms in total. The van der Waals surface area contributed by atoms with Crippen LogP contribution in [0.15, 0.2) is 55.1 Å². The Labute approximate surface area is 241 Å². The van der Waals surface area contributed by atoms with Gasteiger partial charge in [0.15, 0.2) is 0 Å². The number of amides is 1. The molecular formula is C32H37N7O2. The molecular weight excluding hydrogens is 514 g/mol. The third-order valence-corrected chi connectivity index (χ3v) is 8.70. The fourth-order valence-corrected chi connectivity index (χ4v) is 6.37. The fraction of sp³-hybridized carbons (Fsp3) is 0.438. The first-order valence-electron chi connectivity index (χ1n) is 14.5. The average Bonchev–Trinajstić information content (AvgIpc) is 3.45. The van der Waals surface area contributed by atoms with Crippen LogP contribution in [0.5, 0.6) is 6.01 Å². The van der Waals surface area contributed by atoms with Crippen molar-refractivity contribution < 1.29 is 9.53 Å². The lowest BCUT2D eigenvalue weighted by atomic mass is 9.91. The van der Waals surface area contributed by atoms with Gasteiger partial charge in [0.25, 0.3) is 0 Å². The smallest absolute Gasteiger partial charge is 0.318 e. The predicted octanol–water partition coefficient (Wildman–Crippen LogP) is 3.69. The molecule has 2 aromatic carbocycles. The van der Waals surface area contributed by atoms with Crippen LogP contribution in [0.2, 0.25) is 0 Å². The third-order valence-electron chi connectivity index (χ3n) is 8.70. The lowest BCUT2D eigenvalue weighted by Crippen LogP contribution is -2.55. The van der Waals surface area contributed by atoms with Crippen LogP contribution in [0.3, 0.4) is 0 Å². The molecule has 4 heterocycles. The maximum absolute atomic E-state index is 12.5. The normalized spacial score (nSPS) is 22.3. The number of hydrogen-bond acceptors (Lipinski definition) is 8. The van der Waals surface area contributed by atoms with Crippen LogP contribution < -0.4 is 19.9 Å². The van der Waals surface area contributed by atoms with Gasteiger partial charge in [0.1, 0.15) is 5.82 Å². The molecule has 1 unspecified atom stereocenters. The Kier molecular flexibility index (Phi) is 7.50. The highest BCUT2D eigenvalue weighted by molar-refractivity contribution is 5.94. The van der Waals surface area contributed by atoms with Crippen molar-refractivity contribution in [2.24, 2.45) is 5.41 Å². The number of nitriles is 1. The summed E-state index contributed by atoms with van der Waals surface area (Å²) in [6.07, 6.45) is 3.44. The molecule has 1 aromatic heterocycles. The first-order chi connectivity index (χ1) is 20.0. The van der Waals surface area contributed by atoms with Gasteiger partial charge in [-0.25, -0.2) is 0 Å². The number of hydrogen-bond donors (Lipinski definition) is 1. The van der Waals surface area contributed by atoms with E-state index in [0.29, 0.717) is 38.8 Å². The molecule has 2 fully saturated rings. The molecule has 3 aliphatic heterocycles. The number of ether oxygens (including phenoxy) is 1. The zero-order valence-electron chi connectivity index (χ0n) is 23.7. The van der Waals surface area contributed by atoms with Crippen molar-refractivity contribution in [1.82, 2.24) is 20.2 Å². The first kappa shape index (κ1) is 27.0. The number of nitrogens with zero attached hydrogens (tertiary/aromatic N) is 6. The van der Waals surface area contributed by atoms with Gasteiger partial charge in [-0.2, -0.15) is 15.2 Å². The van der Waals surface area contributed by atoms with Crippen LogP contribution in [0, 0.1) is 16.7 Å². The summed E-state index contributed by atoms with van der Waals surface area (Å²) in [5.41, 5.74) is 3.34. The standard InChI is InChI=1S/C32H37N7O2/c1-3-29(40)39-18-17-38(19-24(39)11-14-33)30-26-12-16-37(28-10-6-8-23-7-4-5-9-25(23)28)20-27(26)35-31(36-30)41-22-32(2)13-15-34-21-32/h3-10,24,34H,1,11-13,15-22H2,2H3/t24?,32-/m1/s1. The van der Waals surface area contributed by atoms with Gasteiger partial charge in [-0.1, -0.05) is 49.9 Å². The van der Waals surface area contributed by atoms with E-state index in [1.165, 1.54) is 22.5 Å². The second-order valence-corrected chi connectivity index (χ2v) is 11.6. The molecule has 3 aliphatic rings. The second-order valence-electron chi connectivity index (χ2n) is 11.6. The minimum absolute atomic E-state index is 0.0446. The lowest BCUT2D eigenvalue weighted by molar-refractivity contribution is -0.128. The highest BCUT2D eigenvalue weighted by Crippen LogP contribution is 2.35. The molecule has 41 heavy (non-hydrogen) atoms. The van der Waals surface area contributed by atoms with E-state index in [1.807, 2.05) is 0 Å². The van der Waals surface area contributed by atoms with Crippen molar-refractivity contribution in [3.05, 3.63) is 66.4 Å². The number of piperazine rings is 1. The SMILES string of the molecule is C=CC(=O)N1CCN(c2nc(OC[C@]3(C)CCNC3)nc3c2CCN(c2cccc4ccccc24)C3)CC1CC#N. The zero-order chi connectivity index (χ0) is 28.4. The van der Waals surface area contributed by atoms with Crippen LogP contribution >= 0.6 is 0 Å². The zero-order valence-corrected chi connectivity index (χ0v) is 23.7. The Morgan fingerprint density at radius 3 is 2.85 bits per heavy atom. The summed E-state index contributed by atoms with van der Waals surface area (Å²) in [7, 11) is 0. The average molecular weight is 552 g/mol. The van der Waals surface area contributed by atoms with Crippen molar-refractivity contribution in [3.63, 3.8) is 0 Å². The van der Waals surface area contributed by atoms with Gasteiger partial charge in [0.2, 0.25) is 5.91 Å². The molecule has 9 heteroatoms. The number of aromatic nitrogens is 2. The molecule has 3 aromatic rings. The van der Waals surface area contributed by atoms with Crippen molar-refractivity contribution in [3.8, 4) is 12.1 Å². The Morgan fingerprint density at radius 1 is 1.20 bits per heavy atom. The van der Waals surface area contributed by atoms with E-state index in [2.05, 4.69) is 77.2 Å². The molecule has 1 N–H and O–H groups in total. The summed E-state index contributed by atoms with van der Waals surface area (Å²) in [5.74, 6) is 0.730. The van der Waals surface area contributed by atoms with Crippen molar-refractivity contribution in [1.29, 1.82) is 5.26 Å². The molecule has 0 saturated carbocycles. The van der Waals surface area contributed by atoms with Crippen LogP contribution in [0.4, 0.5) is 11.5 Å². The Balaban J connectivity index is 1.33. The fourth-order valence-electron chi connectivity index (χ4n) is 6.37. The van der Waals surface area contributed by atoms with Crippen LogP contribution in [-0.2, 0) is 17.8 Å². The van der Waals surface area contributed by atoms with Crippen molar-refractivity contribution in [2.45, 2.75) is 38.8 Å². The van der Waals surface area contributed by atoms with Gasteiger partial charge < -0.3 is 24.8 Å². The van der Waals surface area contributed by atoms with Crippen LogP contribution in [-0.4, -0.2) is 72.7 Å². The van der Waals surface area contributed by atoms with E-state index in [9.17, 15) is 10.1 Å². The highest BCUT2D eigenvalue weighted by atomic mass is 16.5. The van der Waals surface area contributed by atoms with Crippen molar-refractivity contribution in [2.75, 3.05) is 55.7 Å². The second kappa shape index (κ2) is 11.4. The van der Waals surface area contributed by atoms with Crippen LogP contribution in [0.25, 0.3) is 10.8 Å². The molecule has 2 saturated heterocycles. The first-order valence-corrected chi connectivity index (χ1v) is 14.5. The number of rotatable bonds is 7. The van der Waals surface area contributed by atoms with E-state index in [1.54, 1.807) is 4.90 Å². The number of carbonyl (C=O) groups is 1. The minimum Gasteiger partial charge on any atom is -0.463 e. The molecule has 0 spiro atoms. The van der Waals surface area contributed by atoms with Gasteiger partial charge >= 0.3 is 6.01 Å². The topological polar surface area (TPSA) is 97.6 Å². The summed E-state index contributed by atoms with van der Waals surface area (Å²) in [6, 6.07) is 17.4. The third kappa shape index (κ3) is 5.44. The van der Waals surface area contributed by atoms with Gasteiger partial charge in [-0.15, -0.1) is 0 Å². The molecule has 2 atom stereocenters. The summed E-state index contributed by atoms with van der Waals surface area (Å²) < 4.78 is 6.32. The Morgan fingerprint density at radius 2 is 2.05 bits per heavy atom. The lowest BCUT2D eigenvalue weighted by Gasteiger charge is -2.42. The van der Waals surface area contributed by atoms with Gasteiger partial charge in [0.05, 0.1) is 37.4 Å².